The first kappa shape index (κ1) is 17.6. The van der Waals surface area contributed by atoms with Crippen LogP contribution in [0.1, 0.15) is 71.5 Å². The Morgan fingerprint density at radius 3 is 2.50 bits per heavy atom. The van der Waals surface area contributed by atoms with Crippen molar-refractivity contribution < 1.29 is 0 Å². The topological polar surface area (TPSA) is 24.9 Å². The van der Waals surface area contributed by atoms with Crippen molar-refractivity contribution in [3.63, 3.8) is 0 Å². The molecule has 0 radical (unpaired) electrons. The van der Waals surface area contributed by atoms with Gasteiger partial charge in [-0.25, -0.2) is 4.98 Å². The number of thiazole rings is 1. The molecule has 20 heavy (non-hydrogen) atoms. The molecule has 1 aromatic rings. The van der Waals surface area contributed by atoms with Crippen molar-refractivity contribution in [3.8, 4) is 0 Å². The Balaban J connectivity index is 2.51. The summed E-state index contributed by atoms with van der Waals surface area (Å²) < 4.78 is 0. The van der Waals surface area contributed by atoms with E-state index in [2.05, 4.69) is 52.2 Å². The average molecular weight is 297 g/mol. The molecule has 0 saturated carbocycles. The predicted octanol–water partition coefficient (Wildman–Crippen LogP) is 4.79. The SMILES string of the molecule is CCCNC(CCc1nc(C(C)(C)C)cs1)CC(C)C. The molecule has 0 bridgehead atoms. The molecule has 3 heteroatoms. The predicted molar refractivity (Wildman–Crippen MR) is 90.7 cm³/mol. The van der Waals surface area contributed by atoms with E-state index in [4.69, 9.17) is 4.98 Å². The van der Waals surface area contributed by atoms with E-state index in [0.29, 0.717) is 6.04 Å². The van der Waals surface area contributed by atoms with Crippen LogP contribution >= 0.6 is 11.3 Å². The van der Waals surface area contributed by atoms with Gasteiger partial charge in [-0.15, -0.1) is 11.3 Å². The van der Waals surface area contributed by atoms with Crippen LogP contribution in [0, 0.1) is 5.92 Å². The Morgan fingerprint density at radius 1 is 1.30 bits per heavy atom. The van der Waals surface area contributed by atoms with Crippen LogP contribution < -0.4 is 5.32 Å². The van der Waals surface area contributed by atoms with E-state index in [1.807, 2.05) is 11.3 Å². The van der Waals surface area contributed by atoms with Crippen LogP contribution in [-0.2, 0) is 11.8 Å². The minimum Gasteiger partial charge on any atom is -0.314 e. The molecule has 0 aliphatic heterocycles. The summed E-state index contributed by atoms with van der Waals surface area (Å²) in [6, 6.07) is 0.636. The van der Waals surface area contributed by atoms with Crippen molar-refractivity contribution in [3.05, 3.63) is 16.1 Å². The third kappa shape index (κ3) is 6.36. The van der Waals surface area contributed by atoms with Gasteiger partial charge in [0.15, 0.2) is 0 Å². The van der Waals surface area contributed by atoms with Crippen LogP contribution in [0.2, 0.25) is 0 Å². The maximum atomic E-state index is 4.80. The summed E-state index contributed by atoms with van der Waals surface area (Å²) in [5.74, 6) is 0.755. The first-order chi connectivity index (χ1) is 9.32. The van der Waals surface area contributed by atoms with Gasteiger partial charge >= 0.3 is 0 Å². The van der Waals surface area contributed by atoms with Crippen molar-refractivity contribution in [2.75, 3.05) is 6.54 Å². The molecule has 0 saturated heterocycles. The molecule has 0 aromatic carbocycles. The summed E-state index contributed by atoms with van der Waals surface area (Å²) in [4.78, 5) is 4.80. The molecule has 2 nitrogen and oxygen atoms in total. The van der Waals surface area contributed by atoms with E-state index in [1.165, 1.54) is 30.0 Å². The summed E-state index contributed by atoms with van der Waals surface area (Å²) in [6.45, 7) is 14.7. The highest BCUT2D eigenvalue weighted by Gasteiger charge is 2.18. The molecule has 1 unspecified atom stereocenters. The van der Waals surface area contributed by atoms with Gasteiger partial charge in [-0.1, -0.05) is 41.5 Å². The largest absolute Gasteiger partial charge is 0.314 e. The first-order valence-electron chi connectivity index (χ1n) is 8.01. The molecule has 1 N–H and O–H groups in total. The van der Waals surface area contributed by atoms with Gasteiger partial charge in [0.25, 0.3) is 0 Å². The zero-order chi connectivity index (χ0) is 15.2. The van der Waals surface area contributed by atoms with Gasteiger partial charge in [-0.3, -0.25) is 0 Å². The smallest absolute Gasteiger partial charge is 0.0929 e. The van der Waals surface area contributed by atoms with Crippen molar-refractivity contribution in [1.82, 2.24) is 10.3 Å². The van der Waals surface area contributed by atoms with Gasteiger partial charge in [0.2, 0.25) is 0 Å². The number of aromatic nitrogens is 1. The minimum absolute atomic E-state index is 0.173. The zero-order valence-electron chi connectivity index (χ0n) is 14.1. The highest BCUT2D eigenvalue weighted by atomic mass is 32.1. The lowest BCUT2D eigenvalue weighted by molar-refractivity contribution is 0.398. The molecule has 1 aromatic heterocycles. The van der Waals surface area contributed by atoms with Gasteiger partial charge in [-0.05, 0) is 31.7 Å². The number of hydrogen-bond acceptors (Lipinski definition) is 3. The normalized spacial score (nSPS) is 13.9. The number of aryl methyl sites for hydroxylation is 1. The van der Waals surface area contributed by atoms with Gasteiger partial charge in [0.1, 0.15) is 0 Å². The van der Waals surface area contributed by atoms with E-state index in [1.54, 1.807) is 0 Å². The highest BCUT2D eigenvalue weighted by Crippen LogP contribution is 2.25. The lowest BCUT2D eigenvalue weighted by atomic mass is 9.93. The van der Waals surface area contributed by atoms with Crippen LogP contribution in [0.5, 0.6) is 0 Å². The molecular weight excluding hydrogens is 264 g/mol. The summed E-state index contributed by atoms with van der Waals surface area (Å²) in [5.41, 5.74) is 1.41. The number of nitrogens with zero attached hydrogens (tertiary/aromatic N) is 1. The lowest BCUT2D eigenvalue weighted by Crippen LogP contribution is -2.31. The van der Waals surface area contributed by atoms with Crippen LogP contribution in [0.15, 0.2) is 5.38 Å². The van der Waals surface area contributed by atoms with E-state index < -0.39 is 0 Å². The maximum absolute atomic E-state index is 4.80. The van der Waals surface area contributed by atoms with Gasteiger partial charge < -0.3 is 5.32 Å². The monoisotopic (exact) mass is 296 g/mol. The Labute approximate surface area is 129 Å². The van der Waals surface area contributed by atoms with Gasteiger partial charge in [0.05, 0.1) is 10.7 Å². The maximum Gasteiger partial charge on any atom is 0.0929 e. The number of nitrogens with one attached hydrogen (secondary N) is 1. The molecule has 0 amide bonds. The summed E-state index contributed by atoms with van der Waals surface area (Å²) in [7, 11) is 0. The van der Waals surface area contributed by atoms with E-state index in [0.717, 1.165) is 18.9 Å². The third-order valence-electron chi connectivity index (χ3n) is 3.47. The summed E-state index contributed by atoms with van der Waals surface area (Å²) >= 11 is 1.82. The Kier molecular flexibility index (Phi) is 7.18. The molecule has 116 valence electrons. The second-order valence-electron chi connectivity index (χ2n) is 7.20. The fraction of sp³-hybridized carbons (Fsp3) is 0.824. The summed E-state index contributed by atoms with van der Waals surface area (Å²) in [6.07, 6.45) is 4.78. The highest BCUT2D eigenvalue weighted by molar-refractivity contribution is 7.09. The number of rotatable bonds is 8. The Morgan fingerprint density at radius 2 is 2.00 bits per heavy atom. The van der Waals surface area contributed by atoms with E-state index in [-0.39, 0.29) is 5.41 Å². The number of hydrogen-bond donors (Lipinski definition) is 1. The molecule has 0 aliphatic carbocycles. The second kappa shape index (κ2) is 8.14. The molecule has 1 heterocycles. The Bertz CT molecular complexity index is 377. The van der Waals surface area contributed by atoms with Crippen LogP contribution in [0.25, 0.3) is 0 Å². The van der Waals surface area contributed by atoms with Crippen LogP contribution in [0.4, 0.5) is 0 Å². The first-order valence-corrected chi connectivity index (χ1v) is 8.89. The van der Waals surface area contributed by atoms with Gasteiger partial charge in [0, 0.05) is 23.3 Å². The fourth-order valence-corrected chi connectivity index (χ4v) is 3.33. The van der Waals surface area contributed by atoms with Gasteiger partial charge in [-0.2, -0.15) is 0 Å². The van der Waals surface area contributed by atoms with Crippen molar-refractivity contribution >= 4 is 11.3 Å². The average Bonchev–Trinajstić information content (AvgIpc) is 2.80. The quantitative estimate of drug-likeness (QED) is 0.746. The van der Waals surface area contributed by atoms with Crippen molar-refractivity contribution in [2.45, 2.75) is 78.7 Å². The second-order valence-corrected chi connectivity index (χ2v) is 8.14. The lowest BCUT2D eigenvalue weighted by Gasteiger charge is -2.20. The van der Waals surface area contributed by atoms with Crippen LogP contribution in [-0.4, -0.2) is 17.6 Å². The third-order valence-corrected chi connectivity index (χ3v) is 4.37. The molecular formula is C17H32N2S. The molecule has 0 aliphatic rings. The molecule has 0 spiro atoms. The van der Waals surface area contributed by atoms with E-state index >= 15 is 0 Å². The van der Waals surface area contributed by atoms with E-state index in [9.17, 15) is 0 Å². The molecule has 0 fully saturated rings. The fourth-order valence-electron chi connectivity index (χ4n) is 2.29. The Hall–Kier alpha value is -0.410. The molecule has 1 rings (SSSR count). The standard InChI is InChI=1S/C17H32N2S/c1-7-10-18-14(11-13(2)3)8-9-16-19-15(12-20-16)17(4,5)6/h12-14,18H,7-11H2,1-6H3. The summed E-state index contributed by atoms with van der Waals surface area (Å²) in [5, 5.41) is 7.21. The zero-order valence-corrected chi connectivity index (χ0v) is 14.9. The van der Waals surface area contributed by atoms with Crippen molar-refractivity contribution in [2.24, 2.45) is 5.92 Å². The molecule has 1 atom stereocenters. The minimum atomic E-state index is 0.173. The van der Waals surface area contributed by atoms with Crippen molar-refractivity contribution in [1.29, 1.82) is 0 Å². The van der Waals surface area contributed by atoms with Crippen LogP contribution in [0.3, 0.4) is 0 Å².